The van der Waals surface area contributed by atoms with Crippen molar-refractivity contribution in [3.05, 3.63) is 42.5 Å². The summed E-state index contributed by atoms with van der Waals surface area (Å²) in [6.07, 6.45) is 2.89. The molecule has 1 amide bonds. The number of hydrogen-bond donors (Lipinski definition) is 1. The molecule has 1 saturated heterocycles. The van der Waals surface area contributed by atoms with Crippen molar-refractivity contribution in [1.82, 2.24) is 4.90 Å². The zero-order chi connectivity index (χ0) is 14.7. The second kappa shape index (κ2) is 6.27. The Bertz CT molecular complexity index is 630. The number of benzene rings is 2. The summed E-state index contributed by atoms with van der Waals surface area (Å²) >= 11 is 0. The number of nitrogens with zero attached hydrogens (tertiary/aromatic N) is 1. The minimum absolute atomic E-state index is 0.139. The molecule has 2 aromatic rings. The highest BCUT2D eigenvalue weighted by Gasteiger charge is 2.19. The molecule has 1 aliphatic heterocycles. The maximum atomic E-state index is 12.2. The summed E-state index contributed by atoms with van der Waals surface area (Å²) in [5, 5.41) is 5.40. The lowest BCUT2D eigenvalue weighted by Gasteiger charge is -2.28. The van der Waals surface area contributed by atoms with Gasteiger partial charge in [-0.1, -0.05) is 30.3 Å². The predicted molar refractivity (Wildman–Crippen MR) is 87.4 cm³/mol. The van der Waals surface area contributed by atoms with Crippen LogP contribution in [0.5, 0.6) is 0 Å². The molecule has 0 atom stereocenters. The third kappa shape index (κ3) is 3.61. The number of rotatable bonds is 3. The topological polar surface area (TPSA) is 32.3 Å². The van der Waals surface area contributed by atoms with Crippen LogP contribution in [0.1, 0.15) is 19.3 Å². The Labute approximate surface area is 125 Å². The van der Waals surface area contributed by atoms with E-state index >= 15 is 0 Å². The number of carbonyl (C=O) groups excluding carboxylic acids is 1. The summed E-state index contributed by atoms with van der Waals surface area (Å²) < 4.78 is 0. The Morgan fingerprint density at radius 3 is 2.62 bits per heavy atom. The number of nitrogens with one attached hydrogen (secondary N) is 1. The first-order valence-corrected chi connectivity index (χ1v) is 7.68. The summed E-state index contributed by atoms with van der Waals surface area (Å²) in [6.45, 7) is 2.21. The molecule has 3 rings (SSSR count). The van der Waals surface area contributed by atoms with E-state index in [1.807, 2.05) is 24.3 Å². The van der Waals surface area contributed by atoms with Crippen molar-refractivity contribution in [1.29, 1.82) is 0 Å². The van der Waals surface area contributed by atoms with Gasteiger partial charge in [-0.3, -0.25) is 4.79 Å². The third-order valence-corrected chi connectivity index (χ3v) is 4.35. The largest absolute Gasteiger partial charge is 0.326 e. The van der Waals surface area contributed by atoms with Gasteiger partial charge in [0.1, 0.15) is 0 Å². The lowest BCUT2D eigenvalue weighted by atomic mass is 9.93. The number of anilines is 1. The smallest absolute Gasteiger partial charge is 0.224 e. The average molecular weight is 282 g/mol. The van der Waals surface area contributed by atoms with Crippen LogP contribution in [0.15, 0.2) is 42.5 Å². The number of piperidine rings is 1. The number of carbonyl (C=O) groups is 1. The van der Waals surface area contributed by atoms with E-state index in [2.05, 4.69) is 35.5 Å². The summed E-state index contributed by atoms with van der Waals surface area (Å²) in [6, 6.07) is 14.3. The van der Waals surface area contributed by atoms with Gasteiger partial charge in [0, 0.05) is 12.1 Å². The van der Waals surface area contributed by atoms with E-state index in [-0.39, 0.29) is 5.91 Å². The highest BCUT2D eigenvalue weighted by molar-refractivity contribution is 5.94. The molecule has 0 radical (unpaired) electrons. The van der Waals surface area contributed by atoms with Gasteiger partial charge in [-0.2, -0.15) is 0 Å². The van der Waals surface area contributed by atoms with Crippen LogP contribution in [0.3, 0.4) is 0 Å². The Kier molecular flexibility index (Phi) is 4.20. The van der Waals surface area contributed by atoms with Crippen LogP contribution in [0.4, 0.5) is 5.69 Å². The third-order valence-electron chi connectivity index (χ3n) is 4.35. The van der Waals surface area contributed by atoms with E-state index in [9.17, 15) is 4.79 Å². The van der Waals surface area contributed by atoms with Crippen molar-refractivity contribution < 1.29 is 4.79 Å². The fourth-order valence-electron chi connectivity index (χ4n) is 3.01. The van der Waals surface area contributed by atoms with Gasteiger partial charge in [-0.15, -0.1) is 0 Å². The van der Waals surface area contributed by atoms with Gasteiger partial charge >= 0.3 is 0 Å². The molecular weight excluding hydrogens is 260 g/mol. The second-order valence-electron chi connectivity index (χ2n) is 6.06. The monoisotopic (exact) mass is 282 g/mol. The fraction of sp³-hybridized carbons (Fsp3) is 0.389. The van der Waals surface area contributed by atoms with Gasteiger partial charge in [0.25, 0.3) is 0 Å². The van der Waals surface area contributed by atoms with Gasteiger partial charge in [-0.05, 0) is 61.8 Å². The average Bonchev–Trinajstić information content (AvgIpc) is 2.49. The summed E-state index contributed by atoms with van der Waals surface area (Å²) in [5.41, 5.74) is 0.895. The van der Waals surface area contributed by atoms with Crippen LogP contribution in [-0.2, 0) is 4.79 Å². The van der Waals surface area contributed by atoms with Crippen molar-refractivity contribution in [3.63, 3.8) is 0 Å². The standard InChI is InChI=1S/C18H22N2O/c1-20-10-8-14(9-11-20)12-18(21)19-17-7-6-15-4-2-3-5-16(15)13-17/h2-7,13-14H,8-12H2,1H3,(H,19,21). The second-order valence-corrected chi connectivity index (χ2v) is 6.06. The van der Waals surface area contributed by atoms with Crippen LogP contribution in [0.25, 0.3) is 10.8 Å². The molecule has 0 unspecified atom stereocenters. The van der Waals surface area contributed by atoms with Gasteiger partial charge in [-0.25, -0.2) is 0 Å². The molecule has 1 aliphatic rings. The van der Waals surface area contributed by atoms with E-state index in [0.29, 0.717) is 12.3 Å². The van der Waals surface area contributed by atoms with Gasteiger partial charge in [0.15, 0.2) is 0 Å². The number of likely N-dealkylation sites (tertiary alicyclic amines) is 1. The Balaban J connectivity index is 1.60. The molecule has 2 aromatic carbocycles. The number of hydrogen-bond acceptors (Lipinski definition) is 2. The van der Waals surface area contributed by atoms with Crippen molar-refractivity contribution in [2.75, 3.05) is 25.5 Å². The first-order valence-electron chi connectivity index (χ1n) is 7.68. The predicted octanol–water partition coefficient (Wildman–Crippen LogP) is 3.51. The summed E-state index contributed by atoms with van der Waals surface area (Å²) in [5.74, 6) is 0.668. The highest BCUT2D eigenvalue weighted by Crippen LogP contribution is 2.22. The summed E-state index contributed by atoms with van der Waals surface area (Å²) in [7, 11) is 2.14. The fourth-order valence-corrected chi connectivity index (χ4v) is 3.01. The molecule has 0 spiro atoms. The molecule has 1 N–H and O–H groups in total. The minimum Gasteiger partial charge on any atom is -0.326 e. The zero-order valence-electron chi connectivity index (χ0n) is 12.5. The molecule has 3 heteroatoms. The van der Waals surface area contributed by atoms with Crippen molar-refractivity contribution in [2.24, 2.45) is 5.92 Å². The minimum atomic E-state index is 0.139. The first-order chi connectivity index (χ1) is 10.2. The van der Waals surface area contributed by atoms with Crippen LogP contribution in [-0.4, -0.2) is 30.9 Å². The van der Waals surface area contributed by atoms with E-state index in [0.717, 1.165) is 37.0 Å². The van der Waals surface area contributed by atoms with Crippen molar-refractivity contribution in [2.45, 2.75) is 19.3 Å². The molecule has 110 valence electrons. The van der Waals surface area contributed by atoms with Gasteiger partial charge < -0.3 is 10.2 Å². The molecule has 0 aliphatic carbocycles. The maximum Gasteiger partial charge on any atom is 0.224 e. The Morgan fingerprint density at radius 1 is 1.14 bits per heavy atom. The quantitative estimate of drug-likeness (QED) is 0.934. The normalized spacial score (nSPS) is 17.0. The molecule has 0 aromatic heterocycles. The lowest BCUT2D eigenvalue weighted by Crippen LogP contribution is -2.31. The van der Waals surface area contributed by atoms with Crippen LogP contribution < -0.4 is 5.32 Å². The Morgan fingerprint density at radius 2 is 1.86 bits per heavy atom. The van der Waals surface area contributed by atoms with E-state index < -0.39 is 0 Å². The van der Waals surface area contributed by atoms with Crippen molar-refractivity contribution in [3.8, 4) is 0 Å². The lowest BCUT2D eigenvalue weighted by molar-refractivity contribution is -0.117. The van der Waals surface area contributed by atoms with Crippen molar-refractivity contribution >= 4 is 22.4 Å². The van der Waals surface area contributed by atoms with E-state index in [4.69, 9.17) is 0 Å². The van der Waals surface area contributed by atoms with E-state index in [1.165, 1.54) is 5.39 Å². The van der Waals surface area contributed by atoms with Crippen LogP contribution >= 0.6 is 0 Å². The molecule has 3 nitrogen and oxygen atoms in total. The number of amides is 1. The van der Waals surface area contributed by atoms with Gasteiger partial charge in [0.2, 0.25) is 5.91 Å². The van der Waals surface area contributed by atoms with Crippen LogP contribution in [0, 0.1) is 5.92 Å². The molecule has 21 heavy (non-hydrogen) atoms. The molecule has 1 heterocycles. The van der Waals surface area contributed by atoms with Crippen LogP contribution in [0.2, 0.25) is 0 Å². The number of fused-ring (bicyclic) bond motifs is 1. The molecule has 0 saturated carbocycles. The molecular formula is C18H22N2O. The highest BCUT2D eigenvalue weighted by atomic mass is 16.1. The molecule has 0 bridgehead atoms. The zero-order valence-corrected chi connectivity index (χ0v) is 12.5. The SMILES string of the molecule is CN1CCC(CC(=O)Nc2ccc3ccccc3c2)CC1. The molecule has 1 fully saturated rings. The Hall–Kier alpha value is -1.87. The summed E-state index contributed by atoms with van der Waals surface area (Å²) in [4.78, 5) is 14.5. The maximum absolute atomic E-state index is 12.2. The first kappa shape index (κ1) is 14.1. The van der Waals surface area contributed by atoms with Gasteiger partial charge in [0.05, 0.1) is 0 Å². The van der Waals surface area contributed by atoms with E-state index in [1.54, 1.807) is 0 Å².